The molecule has 0 aromatic heterocycles. The SMILES string of the molecule is CCOCCC1(CNC(=NC)N2CCN(CC(=O)N3CCCCC3)CC2)CC1.I. The van der Waals surface area contributed by atoms with Gasteiger partial charge in [-0.05, 0) is 50.9 Å². The van der Waals surface area contributed by atoms with Crippen LogP contribution >= 0.6 is 24.0 Å². The Bertz CT molecular complexity index is 527. The maximum atomic E-state index is 12.5. The summed E-state index contributed by atoms with van der Waals surface area (Å²) in [5.74, 6) is 1.31. The average molecular weight is 521 g/mol. The van der Waals surface area contributed by atoms with Crippen LogP contribution in [-0.2, 0) is 9.53 Å². The Balaban J connectivity index is 0.00000300. The van der Waals surface area contributed by atoms with Crippen LogP contribution in [0.3, 0.4) is 0 Å². The number of ether oxygens (including phenoxy) is 1. The number of nitrogens with zero attached hydrogens (tertiary/aromatic N) is 4. The Morgan fingerprint density at radius 3 is 2.31 bits per heavy atom. The molecule has 2 heterocycles. The molecule has 0 radical (unpaired) electrons. The number of likely N-dealkylation sites (tertiary alicyclic amines) is 1. The number of amides is 1. The molecule has 1 amide bonds. The first kappa shape index (κ1) is 24.7. The lowest BCUT2D eigenvalue weighted by atomic mass is 10.0. The highest BCUT2D eigenvalue weighted by Crippen LogP contribution is 2.48. The van der Waals surface area contributed by atoms with Crippen molar-refractivity contribution >= 4 is 35.8 Å². The number of aliphatic imine (C=N–C) groups is 1. The zero-order chi connectivity index (χ0) is 19.8. The molecule has 3 rings (SSSR count). The molecule has 0 unspecified atom stereocenters. The van der Waals surface area contributed by atoms with Crippen LogP contribution in [0.25, 0.3) is 0 Å². The fraction of sp³-hybridized carbons (Fsp3) is 0.905. The quantitative estimate of drug-likeness (QED) is 0.229. The highest BCUT2D eigenvalue weighted by atomic mass is 127. The van der Waals surface area contributed by atoms with Gasteiger partial charge in [-0.25, -0.2) is 0 Å². The summed E-state index contributed by atoms with van der Waals surface area (Å²) in [7, 11) is 1.87. The monoisotopic (exact) mass is 521 g/mol. The van der Waals surface area contributed by atoms with E-state index in [1.807, 2.05) is 11.9 Å². The molecule has 1 saturated carbocycles. The predicted octanol–water partition coefficient (Wildman–Crippen LogP) is 2.02. The van der Waals surface area contributed by atoms with Gasteiger partial charge in [0, 0.05) is 66.1 Å². The van der Waals surface area contributed by atoms with E-state index >= 15 is 0 Å². The van der Waals surface area contributed by atoms with Gasteiger partial charge in [0.05, 0.1) is 6.54 Å². The maximum Gasteiger partial charge on any atom is 0.236 e. The second-order valence-electron chi connectivity index (χ2n) is 8.55. The first-order valence-electron chi connectivity index (χ1n) is 11.2. The Hall–Kier alpha value is -0.610. The highest BCUT2D eigenvalue weighted by molar-refractivity contribution is 14.0. The van der Waals surface area contributed by atoms with E-state index in [0.29, 0.717) is 17.9 Å². The topological polar surface area (TPSA) is 60.4 Å². The van der Waals surface area contributed by atoms with Crippen LogP contribution in [0.2, 0.25) is 0 Å². The van der Waals surface area contributed by atoms with Gasteiger partial charge in [-0.2, -0.15) is 0 Å². The summed E-state index contributed by atoms with van der Waals surface area (Å²) in [5, 5.41) is 3.60. The summed E-state index contributed by atoms with van der Waals surface area (Å²) >= 11 is 0. The Morgan fingerprint density at radius 1 is 1.03 bits per heavy atom. The molecule has 168 valence electrons. The summed E-state index contributed by atoms with van der Waals surface area (Å²) in [6.07, 6.45) is 7.30. The Morgan fingerprint density at radius 2 is 1.72 bits per heavy atom. The van der Waals surface area contributed by atoms with E-state index in [4.69, 9.17) is 4.74 Å². The number of piperazine rings is 1. The predicted molar refractivity (Wildman–Crippen MR) is 128 cm³/mol. The lowest BCUT2D eigenvalue weighted by molar-refractivity contribution is -0.133. The first-order chi connectivity index (χ1) is 13.7. The minimum Gasteiger partial charge on any atom is -0.382 e. The van der Waals surface area contributed by atoms with Gasteiger partial charge >= 0.3 is 0 Å². The molecule has 1 aliphatic carbocycles. The van der Waals surface area contributed by atoms with Crippen LogP contribution in [0.4, 0.5) is 0 Å². The van der Waals surface area contributed by atoms with Gasteiger partial charge in [0.15, 0.2) is 5.96 Å². The van der Waals surface area contributed by atoms with E-state index in [0.717, 1.165) is 84.2 Å². The van der Waals surface area contributed by atoms with E-state index in [-0.39, 0.29) is 24.0 Å². The largest absolute Gasteiger partial charge is 0.382 e. The number of hydrogen-bond acceptors (Lipinski definition) is 4. The van der Waals surface area contributed by atoms with E-state index in [9.17, 15) is 4.79 Å². The number of guanidine groups is 1. The van der Waals surface area contributed by atoms with E-state index in [1.165, 1.54) is 19.3 Å². The van der Waals surface area contributed by atoms with Crippen LogP contribution in [0.1, 0.15) is 45.4 Å². The molecule has 0 bridgehead atoms. The molecule has 0 aromatic rings. The fourth-order valence-electron chi connectivity index (χ4n) is 4.28. The minimum atomic E-state index is 0. The van der Waals surface area contributed by atoms with Gasteiger partial charge < -0.3 is 19.9 Å². The molecule has 3 aliphatic rings. The smallest absolute Gasteiger partial charge is 0.236 e. The van der Waals surface area contributed by atoms with Gasteiger partial charge in [-0.15, -0.1) is 24.0 Å². The van der Waals surface area contributed by atoms with Crippen molar-refractivity contribution < 1.29 is 9.53 Å². The van der Waals surface area contributed by atoms with Crippen LogP contribution in [0, 0.1) is 5.41 Å². The molecule has 2 saturated heterocycles. The lowest BCUT2D eigenvalue weighted by Crippen LogP contribution is -2.55. The van der Waals surface area contributed by atoms with Crippen molar-refractivity contribution in [3.05, 3.63) is 0 Å². The van der Waals surface area contributed by atoms with Crippen LogP contribution in [-0.4, -0.2) is 99.2 Å². The average Bonchev–Trinajstić information content (AvgIpc) is 3.50. The number of nitrogens with one attached hydrogen (secondary N) is 1. The van der Waals surface area contributed by atoms with Gasteiger partial charge in [-0.1, -0.05) is 0 Å². The number of carbonyl (C=O) groups excluding carboxylic acids is 1. The third-order valence-corrected chi connectivity index (χ3v) is 6.51. The van der Waals surface area contributed by atoms with Crippen molar-refractivity contribution in [1.82, 2.24) is 20.0 Å². The zero-order valence-corrected chi connectivity index (χ0v) is 20.7. The van der Waals surface area contributed by atoms with Crippen molar-refractivity contribution in [2.45, 2.75) is 45.4 Å². The van der Waals surface area contributed by atoms with Crippen molar-refractivity contribution in [3.8, 4) is 0 Å². The van der Waals surface area contributed by atoms with Crippen LogP contribution in [0.5, 0.6) is 0 Å². The second-order valence-corrected chi connectivity index (χ2v) is 8.55. The number of rotatable bonds is 8. The summed E-state index contributed by atoms with van der Waals surface area (Å²) < 4.78 is 5.54. The third kappa shape index (κ3) is 7.54. The summed E-state index contributed by atoms with van der Waals surface area (Å²) in [4.78, 5) is 23.7. The minimum absolute atomic E-state index is 0. The molecular formula is C21H40IN5O2. The molecule has 2 aliphatic heterocycles. The van der Waals surface area contributed by atoms with Crippen molar-refractivity contribution in [3.63, 3.8) is 0 Å². The molecule has 3 fully saturated rings. The fourth-order valence-corrected chi connectivity index (χ4v) is 4.28. The number of halogens is 1. The maximum absolute atomic E-state index is 12.5. The van der Waals surface area contributed by atoms with Crippen LogP contribution < -0.4 is 5.32 Å². The summed E-state index contributed by atoms with van der Waals surface area (Å²) in [6.45, 7) is 10.9. The molecule has 0 spiro atoms. The molecule has 0 aromatic carbocycles. The lowest BCUT2D eigenvalue weighted by Gasteiger charge is -2.37. The molecule has 8 heteroatoms. The van der Waals surface area contributed by atoms with Gasteiger partial charge in [-0.3, -0.25) is 14.7 Å². The molecule has 0 atom stereocenters. The second kappa shape index (κ2) is 12.3. The first-order valence-corrected chi connectivity index (χ1v) is 11.2. The standard InChI is InChI=1S/C21H39N5O2.HI/c1-3-28-16-9-21(7-8-21)18-23-20(22-2)26-14-12-24(13-15-26)17-19(27)25-10-5-4-6-11-25;/h3-18H2,1-2H3,(H,22,23);1H. The van der Waals surface area contributed by atoms with E-state index < -0.39 is 0 Å². The molecule has 29 heavy (non-hydrogen) atoms. The Labute approximate surface area is 193 Å². The molecule has 1 N–H and O–H groups in total. The number of piperidine rings is 1. The van der Waals surface area contributed by atoms with Gasteiger partial charge in [0.25, 0.3) is 0 Å². The third-order valence-electron chi connectivity index (χ3n) is 6.51. The normalized spacial score (nSPS) is 22.2. The zero-order valence-electron chi connectivity index (χ0n) is 18.3. The van der Waals surface area contributed by atoms with Crippen molar-refractivity contribution in [2.75, 3.05) is 72.6 Å². The van der Waals surface area contributed by atoms with E-state index in [1.54, 1.807) is 0 Å². The molecular weight excluding hydrogens is 481 g/mol. The summed E-state index contributed by atoms with van der Waals surface area (Å²) in [6, 6.07) is 0. The number of hydrogen-bond donors (Lipinski definition) is 1. The van der Waals surface area contributed by atoms with Crippen molar-refractivity contribution in [1.29, 1.82) is 0 Å². The Kier molecular flexibility index (Phi) is 10.5. The van der Waals surface area contributed by atoms with Crippen molar-refractivity contribution in [2.24, 2.45) is 10.4 Å². The number of carbonyl (C=O) groups is 1. The van der Waals surface area contributed by atoms with Gasteiger partial charge in [0.2, 0.25) is 5.91 Å². The molecule has 7 nitrogen and oxygen atoms in total. The van der Waals surface area contributed by atoms with E-state index in [2.05, 4.69) is 27.0 Å². The highest BCUT2D eigenvalue weighted by Gasteiger charge is 2.42. The van der Waals surface area contributed by atoms with Gasteiger partial charge in [0.1, 0.15) is 0 Å². The van der Waals surface area contributed by atoms with Crippen LogP contribution in [0.15, 0.2) is 4.99 Å². The summed E-state index contributed by atoms with van der Waals surface area (Å²) in [5.41, 5.74) is 0.411.